The zero-order chi connectivity index (χ0) is 16.5. The molecule has 0 saturated carbocycles. The fourth-order valence-corrected chi connectivity index (χ4v) is 3.85. The van der Waals surface area contributed by atoms with Crippen LogP contribution in [-0.4, -0.2) is 22.5 Å². The highest BCUT2D eigenvalue weighted by molar-refractivity contribution is 7.94. The Kier molecular flexibility index (Phi) is 4.39. The minimum atomic E-state index is -4.55. The lowest BCUT2D eigenvalue weighted by atomic mass is 10.1. The van der Waals surface area contributed by atoms with Gasteiger partial charge in [0.15, 0.2) is 0 Å². The molecule has 0 spiro atoms. The molecule has 0 bridgehead atoms. The van der Waals surface area contributed by atoms with Crippen molar-refractivity contribution in [1.29, 1.82) is 0 Å². The van der Waals surface area contributed by atoms with Gasteiger partial charge in [0, 0.05) is 14.1 Å². The van der Waals surface area contributed by atoms with E-state index in [2.05, 4.69) is 4.72 Å². The summed E-state index contributed by atoms with van der Waals surface area (Å²) in [6.45, 7) is 0. The molecule has 1 aromatic carbocycles. The Morgan fingerprint density at radius 3 is 2.36 bits per heavy atom. The molecule has 0 aliphatic carbocycles. The van der Waals surface area contributed by atoms with E-state index in [0.717, 1.165) is 23.5 Å². The van der Waals surface area contributed by atoms with Crippen LogP contribution in [0.3, 0.4) is 0 Å². The van der Waals surface area contributed by atoms with Gasteiger partial charge in [-0.15, -0.1) is 11.3 Å². The topological polar surface area (TPSA) is 49.4 Å². The second kappa shape index (κ2) is 5.81. The second-order valence-electron chi connectivity index (χ2n) is 4.66. The Morgan fingerprint density at radius 2 is 1.86 bits per heavy atom. The molecule has 0 atom stereocenters. The Bertz CT molecular complexity index is 754. The smallest absolute Gasteiger partial charge is 0.376 e. The van der Waals surface area contributed by atoms with Gasteiger partial charge in [0.05, 0.1) is 16.9 Å². The third kappa shape index (κ3) is 3.53. The fraction of sp³-hybridized carbons (Fsp3) is 0.231. The summed E-state index contributed by atoms with van der Waals surface area (Å²) in [5, 5.41) is 1.58. The lowest BCUT2D eigenvalue weighted by Crippen LogP contribution is -2.17. The van der Waals surface area contributed by atoms with Crippen LogP contribution in [0, 0.1) is 0 Å². The van der Waals surface area contributed by atoms with Crippen molar-refractivity contribution >= 4 is 32.7 Å². The molecule has 0 saturated heterocycles. The maximum atomic E-state index is 12.8. The van der Waals surface area contributed by atoms with Crippen LogP contribution >= 0.6 is 11.3 Å². The minimum Gasteiger partial charge on any atom is -0.376 e. The van der Waals surface area contributed by atoms with Crippen LogP contribution in [0.2, 0.25) is 0 Å². The Labute approximate surface area is 130 Å². The van der Waals surface area contributed by atoms with Crippen molar-refractivity contribution in [3.05, 3.63) is 41.3 Å². The first-order valence-corrected chi connectivity index (χ1v) is 8.42. The Morgan fingerprint density at radius 1 is 1.18 bits per heavy atom. The SMILES string of the molecule is CN(C)c1ccc(C(F)(F)F)cc1NS(=O)(=O)c1cccs1. The van der Waals surface area contributed by atoms with Gasteiger partial charge in [-0.05, 0) is 29.6 Å². The molecule has 1 N–H and O–H groups in total. The van der Waals surface area contributed by atoms with Crippen LogP contribution in [-0.2, 0) is 16.2 Å². The molecule has 0 aliphatic rings. The summed E-state index contributed by atoms with van der Waals surface area (Å²) in [7, 11) is -0.681. The van der Waals surface area contributed by atoms with Gasteiger partial charge in [-0.2, -0.15) is 13.2 Å². The largest absolute Gasteiger partial charge is 0.416 e. The van der Waals surface area contributed by atoms with Crippen molar-refractivity contribution < 1.29 is 21.6 Å². The van der Waals surface area contributed by atoms with Gasteiger partial charge >= 0.3 is 6.18 Å². The summed E-state index contributed by atoms with van der Waals surface area (Å²) in [5.41, 5.74) is -0.691. The maximum absolute atomic E-state index is 12.8. The molecule has 0 amide bonds. The molecule has 1 aromatic heterocycles. The van der Waals surface area contributed by atoms with Gasteiger partial charge in [-0.1, -0.05) is 6.07 Å². The number of nitrogens with zero attached hydrogens (tertiary/aromatic N) is 1. The van der Waals surface area contributed by atoms with Crippen molar-refractivity contribution in [2.45, 2.75) is 10.4 Å². The summed E-state index contributed by atoms with van der Waals surface area (Å²) in [5.74, 6) is 0. The minimum absolute atomic E-state index is 0.0367. The summed E-state index contributed by atoms with van der Waals surface area (Å²) in [6, 6.07) is 5.88. The third-order valence-electron chi connectivity index (χ3n) is 2.81. The summed E-state index contributed by atoms with van der Waals surface area (Å²) < 4.78 is 65.1. The number of halogens is 3. The van der Waals surface area contributed by atoms with E-state index in [0.29, 0.717) is 5.69 Å². The zero-order valence-corrected chi connectivity index (χ0v) is 13.3. The molecule has 120 valence electrons. The third-order valence-corrected chi connectivity index (χ3v) is 5.57. The molecule has 2 rings (SSSR count). The highest BCUT2D eigenvalue weighted by Gasteiger charge is 2.31. The van der Waals surface area contributed by atoms with Gasteiger partial charge < -0.3 is 4.90 Å². The van der Waals surface area contributed by atoms with Gasteiger partial charge in [0.25, 0.3) is 10.0 Å². The zero-order valence-electron chi connectivity index (χ0n) is 11.7. The van der Waals surface area contributed by atoms with E-state index in [1.54, 1.807) is 25.5 Å². The Hall–Kier alpha value is -1.74. The van der Waals surface area contributed by atoms with Crippen molar-refractivity contribution in [3.63, 3.8) is 0 Å². The highest BCUT2D eigenvalue weighted by atomic mass is 32.2. The number of sulfonamides is 1. The van der Waals surface area contributed by atoms with E-state index < -0.39 is 21.8 Å². The molecule has 4 nitrogen and oxygen atoms in total. The summed E-state index contributed by atoms with van der Waals surface area (Å²) in [4.78, 5) is 1.53. The fourth-order valence-electron chi connectivity index (χ4n) is 1.80. The predicted molar refractivity (Wildman–Crippen MR) is 80.9 cm³/mol. The van der Waals surface area contributed by atoms with Gasteiger partial charge in [-0.3, -0.25) is 4.72 Å². The molecule has 22 heavy (non-hydrogen) atoms. The first-order valence-electron chi connectivity index (χ1n) is 6.06. The number of benzene rings is 1. The molecule has 0 aliphatic heterocycles. The summed E-state index contributed by atoms with van der Waals surface area (Å²) >= 11 is 0.987. The van der Waals surface area contributed by atoms with Gasteiger partial charge in [-0.25, -0.2) is 8.42 Å². The molecular formula is C13H13F3N2O2S2. The number of hydrogen-bond acceptors (Lipinski definition) is 4. The average Bonchev–Trinajstić information content (AvgIpc) is 2.91. The van der Waals surface area contributed by atoms with Gasteiger partial charge in [0.1, 0.15) is 4.21 Å². The quantitative estimate of drug-likeness (QED) is 0.916. The molecule has 0 fully saturated rings. The van der Waals surface area contributed by atoms with Crippen LogP contribution < -0.4 is 9.62 Å². The molecular weight excluding hydrogens is 337 g/mol. The van der Waals surface area contributed by atoms with E-state index in [1.165, 1.54) is 17.0 Å². The van der Waals surface area contributed by atoms with Crippen LogP contribution in [0.25, 0.3) is 0 Å². The monoisotopic (exact) mass is 350 g/mol. The van der Waals surface area contributed by atoms with Crippen molar-refractivity contribution in [2.75, 3.05) is 23.7 Å². The number of rotatable bonds is 4. The Balaban J connectivity index is 2.48. The predicted octanol–water partition coefficient (Wildman–Crippen LogP) is 3.63. The molecule has 2 aromatic rings. The number of nitrogens with one attached hydrogen (secondary N) is 1. The second-order valence-corrected chi connectivity index (χ2v) is 7.52. The first-order chi connectivity index (χ1) is 10.1. The normalized spacial score (nSPS) is 12.2. The lowest BCUT2D eigenvalue weighted by molar-refractivity contribution is -0.137. The van der Waals surface area contributed by atoms with Crippen LogP contribution in [0.15, 0.2) is 39.9 Å². The van der Waals surface area contributed by atoms with E-state index in [9.17, 15) is 21.6 Å². The first kappa shape index (κ1) is 16.6. The van der Waals surface area contributed by atoms with Gasteiger partial charge in [0.2, 0.25) is 0 Å². The van der Waals surface area contributed by atoms with Crippen LogP contribution in [0.4, 0.5) is 24.5 Å². The van der Waals surface area contributed by atoms with E-state index in [1.807, 2.05) is 0 Å². The van der Waals surface area contributed by atoms with E-state index >= 15 is 0 Å². The standard InChI is InChI=1S/C13H13F3N2O2S2/c1-18(2)11-6-5-9(13(14,15)16)8-10(11)17-22(19,20)12-4-3-7-21-12/h3-8,17H,1-2H3. The number of hydrogen-bond donors (Lipinski definition) is 1. The number of anilines is 2. The van der Waals surface area contributed by atoms with E-state index in [-0.39, 0.29) is 9.90 Å². The van der Waals surface area contributed by atoms with Crippen molar-refractivity contribution in [1.82, 2.24) is 0 Å². The number of alkyl halides is 3. The van der Waals surface area contributed by atoms with Crippen LogP contribution in [0.1, 0.15) is 5.56 Å². The molecule has 9 heteroatoms. The van der Waals surface area contributed by atoms with Crippen LogP contribution in [0.5, 0.6) is 0 Å². The maximum Gasteiger partial charge on any atom is 0.416 e. The molecule has 0 unspecified atom stereocenters. The molecule has 0 radical (unpaired) electrons. The van der Waals surface area contributed by atoms with E-state index in [4.69, 9.17) is 0 Å². The summed E-state index contributed by atoms with van der Waals surface area (Å²) in [6.07, 6.45) is -4.55. The lowest BCUT2D eigenvalue weighted by Gasteiger charge is -2.20. The van der Waals surface area contributed by atoms with Crippen molar-refractivity contribution in [2.24, 2.45) is 0 Å². The highest BCUT2D eigenvalue weighted by Crippen LogP contribution is 2.36. The van der Waals surface area contributed by atoms with Crippen molar-refractivity contribution in [3.8, 4) is 0 Å². The molecule has 1 heterocycles. The number of thiophene rings is 1. The average molecular weight is 350 g/mol.